The van der Waals surface area contributed by atoms with Gasteiger partial charge in [0.15, 0.2) is 23.7 Å². The van der Waals surface area contributed by atoms with Gasteiger partial charge in [-0.05, 0) is 92.0 Å². The molecule has 3 aliphatic heterocycles. The molecule has 0 aliphatic carbocycles. The maximum Gasteiger partial charge on any atom is 0.332 e. The molecule has 1 aromatic heterocycles. The van der Waals surface area contributed by atoms with E-state index in [1.165, 1.54) is 49.7 Å². The number of pyridine rings is 1. The van der Waals surface area contributed by atoms with Gasteiger partial charge >= 0.3 is 5.97 Å². The summed E-state index contributed by atoms with van der Waals surface area (Å²) in [5.41, 5.74) is 1.12. The summed E-state index contributed by atoms with van der Waals surface area (Å²) in [7, 11) is 5.86. The standard InChI is InChI=1S/C71H105N9O11.CH2Cl2/c1-17-46(9)53-41-57(81)55-28-23-33-80(55)68(87)56(39-49-26-22-27-50(37-49)51-29-30-59(73-42-51)79-34-31-72-32-35-79)75(13)67(86)54(38-48-24-20-19-21-25-48)74-64(83)61(45(7)8)77(15)69(88)62(47(10)18-2)91-70(89)63(71(11,12)90)78(16)65(84)52(36-43(3)4)40-58(82)60(44(5)6)76(14)66(53)85;2-1-3/h19-22,24-27,29-30,37,42-47,52-56,60-63,72,90H,17-18,23,28,31-36,38-41H2,1-16H3,(H,74,83);1H2/t46?,47?,52-,53+,54?,55?,56?,60+,61+,62-,63-;/m1./s1. The zero-order valence-corrected chi connectivity index (χ0v) is 60.0. The number of hydrogen-bond acceptors (Lipinski definition) is 14. The van der Waals surface area contributed by atoms with Crippen molar-refractivity contribution in [3.05, 3.63) is 84.1 Å². The number of benzene rings is 2. The van der Waals surface area contributed by atoms with E-state index in [2.05, 4.69) is 15.5 Å². The lowest BCUT2D eigenvalue weighted by atomic mass is 9.82. The van der Waals surface area contributed by atoms with Crippen molar-refractivity contribution in [2.24, 2.45) is 41.4 Å². The van der Waals surface area contributed by atoms with Gasteiger partial charge in [0, 0.05) is 116 Å². The van der Waals surface area contributed by atoms with E-state index < -0.39 is 125 Å². The number of alkyl halides is 2. The van der Waals surface area contributed by atoms with Crippen LogP contribution in [0.4, 0.5) is 5.82 Å². The predicted molar refractivity (Wildman–Crippen MR) is 369 cm³/mol. The highest BCUT2D eigenvalue weighted by molar-refractivity contribution is 6.40. The van der Waals surface area contributed by atoms with Crippen LogP contribution in [0.1, 0.15) is 139 Å². The van der Waals surface area contributed by atoms with Gasteiger partial charge in [0.2, 0.25) is 29.5 Å². The van der Waals surface area contributed by atoms with Crippen LogP contribution in [0.25, 0.3) is 11.1 Å². The van der Waals surface area contributed by atoms with Gasteiger partial charge in [-0.2, -0.15) is 0 Å². The Hall–Kier alpha value is -6.48. The summed E-state index contributed by atoms with van der Waals surface area (Å²) in [6, 6.07) is 13.3. The largest absolute Gasteiger partial charge is 0.450 e. The lowest BCUT2D eigenvalue weighted by molar-refractivity contribution is -0.178. The normalized spacial score (nSPS) is 25.1. The number of cyclic esters (lactones) is 1. The van der Waals surface area contributed by atoms with Gasteiger partial charge in [0.1, 0.15) is 23.9 Å². The van der Waals surface area contributed by atoms with Gasteiger partial charge in [0.05, 0.1) is 23.0 Å². The summed E-state index contributed by atoms with van der Waals surface area (Å²) >= 11 is 9.53. The molecule has 20 nitrogen and oxygen atoms in total. The molecular formula is C72H107Cl2N9O11. The molecule has 3 N–H and O–H groups in total. The van der Waals surface area contributed by atoms with E-state index in [9.17, 15) is 19.5 Å². The minimum Gasteiger partial charge on any atom is -0.450 e. The Labute approximate surface area is 568 Å². The van der Waals surface area contributed by atoms with E-state index in [1.807, 2.05) is 121 Å². The molecule has 0 saturated carbocycles. The highest BCUT2D eigenvalue weighted by atomic mass is 35.5. The van der Waals surface area contributed by atoms with Crippen LogP contribution in [0.3, 0.4) is 0 Å². The molecule has 0 spiro atoms. The molecule has 94 heavy (non-hydrogen) atoms. The first-order valence-electron chi connectivity index (χ1n) is 33.7. The number of rotatable bonds is 15. The average molecular weight is 1350 g/mol. The fourth-order valence-corrected chi connectivity index (χ4v) is 13.6. The number of ether oxygens (including phenoxy) is 1. The monoisotopic (exact) mass is 1340 g/mol. The van der Waals surface area contributed by atoms with Gasteiger partial charge in [-0.1, -0.05) is 130 Å². The topological polar surface area (TPSA) is 239 Å². The Bertz CT molecular complexity index is 3030. The number of carbonyl (C=O) groups is 9. The van der Waals surface area contributed by atoms with Gasteiger partial charge in [-0.3, -0.25) is 38.4 Å². The number of ketones is 2. The van der Waals surface area contributed by atoms with Crippen LogP contribution in [0, 0.1) is 41.4 Å². The molecule has 3 aromatic rings. The third-order valence-electron chi connectivity index (χ3n) is 19.1. The third-order valence-corrected chi connectivity index (χ3v) is 19.1. The van der Waals surface area contributed by atoms with Crippen molar-refractivity contribution < 1.29 is 53.0 Å². The first-order valence-corrected chi connectivity index (χ1v) is 34.7. The van der Waals surface area contributed by atoms with E-state index in [0.717, 1.165) is 48.0 Å². The highest BCUT2D eigenvalue weighted by Gasteiger charge is 2.48. The van der Waals surface area contributed by atoms with E-state index in [-0.39, 0.29) is 61.6 Å². The molecule has 3 fully saturated rings. The smallest absolute Gasteiger partial charge is 0.332 e. The lowest BCUT2D eigenvalue weighted by Gasteiger charge is -2.39. The highest BCUT2D eigenvalue weighted by Crippen LogP contribution is 2.33. The second-order valence-electron chi connectivity index (χ2n) is 27.7. The molecule has 0 radical (unpaired) electrons. The van der Waals surface area contributed by atoms with Gasteiger partial charge in [-0.25, -0.2) is 9.78 Å². The van der Waals surface area contributed by atoms with E-state index in [1.54, 1.807) is 32.7 Å². The number of hydrogen-bond donors (Lipinski definition) is 3. The molecule has 6 rings (SSSR count). The molecular weight excluding hydrogens is 1240 g/mol. The van der Waals surface area contributed by atoms with Gasteiger partial charge in [-0.15, -0.1) is 23.2 Å². The summed E-state index contributed by atoms with van der Waals surface area (Å²) in [6.07, 6.45) is 1.56. The van der Waals surface area contributed by atoms with Crippen LogP contribution < -0.4 is 15.5 Å². The zero-order valence-electron chi connectivity index (χ0n) is 58.5. The second-order valence-corrected chi connectivity index (χ2v) is 28.5. The van der Waals surface area contributed by atoms with Crippen molar-refractivity contribution in [3.8, 4) is 11.1 Å². The Balaban J connectivity index is 0.00000523. The molecule has 6 amide bonds. The molecule has 0 bridgehead atoms. The van der Waals surface area contributed by atoms with Crippen molar-refractivity contribution in [1.29, 1.82) is 0 Å². The fraction of sp³-hybridized carbons (Fsp3) is 0.639. The number of esters is 1. The van der Waals surface area contributed by atoms with Crippen LogP contribution in [0.2, 0.25) is 0 Å². The molecule has 3 aliphatic rings. The fourth-order valence-electron chi connectivity index (χ4n) is 13.6. The summed E-state index contributed by atoms with van der Waals surface area (Å²) in [4.78, 5) is 151. The van der Waals surface area contributed by atoms with Crippen LogP contribution in [0.15, 0.2) is 72.9 Å². The number of Topliss-reactive ketones (excluding diaryl/α,β-unsaturated/α-hetero) is 2. The van der Waals surface area contributed by atoms with Crippen LogP contribution in [0.5, 0.6) is 0 Å². The molecule has 4 heterocycles. The lowest BCUT2D eigenvalue weighted by Crippen LogP contribution is -2.61. The number of carbonyl (C=O) groups excluding carboxylic acids is 9. The number of likely N-dealkylation sites (N-methyl/N-ethyl adjacent to an activating group) is 4. The maximum atomic E-state index is 15.8. The molecule has 2 aromatic carbocycles. The minimum absolute atomic E-state index is 0.00330. The number of amides is 6. The number of nitrogens with one attached hydrogen (secondary N) is 2. The zero-order chi connectivity index (χ0) is 70.1. The van der Waals surface area contributed by atoms with Gasteiger partial charge < -0.3 is 49.9 Å². The Kier molecular flexibility index (Phi) is 30.0. The first kappa shape index (κ1) is 78.2. The van der Waals surface area contributed by atoms with Gasteiger partial charge in [0.25, 0.3) is 5.91 Å². The quantitative estimate of drug-likeness (QED) is 0.0956. The number of fused-ring (bicyclic) bond motifs is 1. The van der Waals surface area contributed by atoms with Crippen LogP contribution in [-0.2, 0) is 60.7 Å². The number of piperazine rings is 1. The summed E-state index contributed by atoms with van der Waals surface area (Å²) in [5.74, 6) is -8.64. The number of anilines is 1. The van der Waals surface area contributed by atoms with Crippen LogP contribution in [-0.4, -0.2) is 202 Å². The number of nitrogens with zero attached hydrogens (tertiary/aromatic N) is 7. The number of halogens is 2. The summed E-state index contributed by atoms with van der Waals surface area (Å²) in [6.45, 7) is 24.5. The maximum absolute atomic E-state index is 15.8. The predicted octanol–water partition coefficient (Wildman–Crippen LogP) is 8.45. The Morgan fingerprint density at radius 3 is 1.82 bits per heavy atom. The van der Waals surface area contributed by atoms with Crippen molar-refractivity contribution >= 4 is 82.0 Å². The minimum atomic E-state index is -1.95. The molecule has 5 unspecified atom stereocenters. The molecule has 3 saturated heterocycles. The Morgan fingerprint density at radius 1 is 0.649 bits per heavy atom. The third kappa shape index (κ3) is 20.3. The number of aromatic nitrogens is 1. The summed E-state index contributed by atoms with van der Waals surface area (Å²) in [5, 5.41) is 18.4. The summed E-state index contributed by atoms with van der Waals surface area (Å²) < 4.78 is 6.17. The van der Waals surface area contributed by atoms with Crippen molar-refractivity contribution in [1.82, 2.24) is 40.1 Å². The molecule has 22 heteroatoms. The van der Waals surface area contributed by atoms with E-state index in [0.29, 0.717) is 36.8 Å². The average Bonchev–Trinajstić information content (AvgIpc) is 1.28. The van der Waals surface area contributed by atoms with E-state index in [4.69, 9.17) is 32.9 Å². The molecule has 520 valence electrons. The molecule has 11 atom stereocenters. The van der Waals surface area contributed by atoms with E-state index >= 15 is 28.8 Å². The first-order chi connectivity index (χ1) is 44.3. The van der Waals surface area contributed by atoms with Crippen LogP contribution >= 0.6 is 23.2 Å². The second kappa shape index (κ2) is 36.0. The SMILES string of the molecule is CCC(C)[C@@H]1CC(=O)C2CCCN2C(=O)C(Cc2cccc(-c3ccc(N4CCNCC4)nc3)c2)N(C)C(=O)C(Cc2ccccc2)NC(=O)[C@H](C(C)C)N(C)C(=O)[C@@H](C(C)CC)OC(=O)[C@H](C(C)(C)O)N(C)C(=O)[C@H](CC(C)C)CC(=O)[C@H](C(C)C)N(C)C1=O.ClCCl. The van der Waals surface area contributed by atoms with Crippen molar-refractivity contribution in [2.45, 2.75) is 189 Å². The van der Waals surface area contributed by atoms with Crippen molar-refractivity contribution in [2.75, 3.05) is 71.2 Å². The Morgan fingerprint density at radius 2 is 1.26 bits per heavy atom. The number of aliphatic hydroxyl groups is 1. The van der Waals surface area contributed by atoms with Crippen molar-refractivity contribution in [3.63, 3.8) is 0 Å².